The lowest BCUT2D eigenvalue weighted by atomic mass is 9.97. The molecule has 0 spiro atoms. The Hall–Kier alpha value is 0.730. The molecule has 0 radical (unpaired) electrons. The monoisotopic (exact) mass is 226 g/mol. The summed E-state index contributed by atoms with van der Waals surface area (Å²) >= 11 is 9.16. The van der Waals surface area contributed by atoms with E-state index in [-0.39, 0.29) is 0 Å². The molecule has 0 N–H and O–H groups in total. The fraction of sp³-hybridized carbons (Fsp3) is 1.00. The molecule has 0 unspecified atom stereocenters. The van der Waals surface area contributed by atoms with Gasteiger partial charge in [0, 0.05) is 5.38 Å². The van der Waals surface area contributed by atoms with Crippen LogP contribution in [0.4, 0.5) is 0 Å². The predicted octanol–water partition coefficient (Wildman–Crippen LogP) is 2.91. The van der Waals surface area contributed by atoms with Crippen LogP contribution in [0.25, 0.3) is 0 Å². The zero-order valence-electron chi connectivity index (χ0n) is 5.85. The molecule has 0 atom stereocenters. The van der Waals surface area contributed by atoms with Crippen LogP contribution in [-0.4, -0.2) is 17.0 Å². The van der Waals surface area contributed by atoms with Gasteiger partial charge in [-0.2, -0.15) is 0 Å². The summed E-state index contributed by atoms with van der Waals surface area (Å²) < 4.78 is 5.39. The number of alkyl halides is 2. The highest BCUT2D eigenvalue weighted by molar-refractivity contribution is 9.09. The smallest absolute Gasteiger partial charge is 0.102 e. The first-order chi connectivity index (χ1) is 4.83. The number of rotatable bonds is 2. The molecule has 10 heavy (non-hydrogen) atoms. The molecule has 0 aromatic heterocycles. The highest BCUT2D eigenvalue weighted by Gasteiger charge is 2.18. The van der Waals surface area contributed by atoms with Gasteiger partial charge in [0.15, 0.2) is 0 Å². The third kappa shape index (κ3) is 2.77. The third-order valence-corrected chi connectivity index (χ3v) is 2.60. The van der Waals surface area contributed by atoms with Crippen molar-refractivity contribution in [1.29, 1.82) is 0 Å². The Bertz CT molecular complexity index is 91.6. The molecule has 3 heteroatoms. The molecule has 1 saturated carbocycles. The van der Waals surface area contributed by atoms with E-state index in [1.807, 2.05) is 0 Å². The van der Waals surface area contributed by atoms with Crippen LogP contribution in [0.5, 0.6) is 0 Å². The summed E-state index contributed by atoms with van der Waals surface area (Å²) in [7, 11) is 0. The molecule has 0 heterocycles. The summed E-state index contributed by atoms with van der Waals surface area (Å²) in [6.07, 6.45) is 4.92. The largest absolute Gasteiger partial charge is 0.367 e. The Kier molecular flexibility index (Phi) is 4.04. The van der Waals surface area contributed by atoms with Gasteiger partial charge in [0.05, 0.1) is 6.10 Å². The topological polar surface area (TPSA) is 9.23 Å². The van der Waals surface area contributed by atoms with Crippen LogP contribution in [0, 0.1) is 0 Å². The van der Waals surface area contributed by atoms with Gasteiger partial charge in [-0.15, -0.1) is 11.6 Å². The molecule has 0 aromatic carbocycles. The van der Waals surface area contributed by atoms with Gasteiger partial charge in [0.25, 0.3) is 0 Å². The molecule has 0 saturated heterocycles. The molecule has 1 fully saturated rings. The van der Waals surface area contributed by atoms with Crippen molar-refractivity contribution < 1.29 is 4.74 Å². The van der Waals surface area contributed by atoms with Gasteiger partial charge in [-0.3, -0.25) is 0 Å². The van der Waals surface area contributed by atoms with E-state index in [1.165, 1.54) is 0 Å². The summed E-state index contributed by atoms with van der Waals surface area (Å²) in [5, 5.41) is 0.398. The van der Waals surface area contributed by atoms with Crippen LogP contribution >= 0.6 is 27.5 Å². The first-order valence-corrected chi connectivity index (χ1v) is 5.20. The van der Waals surface area contributed by atoms with Crippen molar-refractivity contribution >= 4 is 27.5 Å². The second kappa shape index (κ2) is 4.58. The van der Waals surface area contributed by atoms with E-state index in [1.54, 1.807) is 0 Å². The van der Waals surface area contributed by atoms with Crippen molar-refractivity contribution in [1.82, 2.24) is 0 Å². The van der Waals surface area contributed by atoms with Crippen LogP contribution < -0.4 is 0 Å². The first kappa shape index (κ1) is 8.82. The minimum Gasteiger partial charge on any atom is -0.367 e. The van der Waals surface area contributed by atoms with Crippen molar-refractivity contribution in [3.63, 3.8) is 0 Å². The fourth-order valence-corrected chi connectivity index (χ4v) is 1.90. The average molecular weight is 228 g/mol. The molecule has 1 rings (SSSR count). The standard InChI is InChI=1S/C7H12BrClO/c8-5-10-7-3-1-6(9)2-4-7/h6-7H,1-5H2. The van der Waals surface area contributed by atoms with E-state index in [0.717, 1.165) is 25.7 Å². The third-order valence-electron chi connectivity index (χ3n) is 1.90. The molecule has 1 aliphatic carbocycles. The van der Waals surface area contributed by atoms with Crippen molar-refractivity contribution in [2.45, 2.75) is 37.2 Å². The molecule has 1 aliphatic rings. The molecule has 0 bridgehead atoms. The minimum absolute atomic E-state index is 0.398. The Balaban J connectivity index is 2.13. The number of hydrogen-bond acceptors (Lipinski definition) is 1. The van der Waals surface area contributed by atoms with Gasteiger partial charge in [0.2, 0.25) is 0 Å². The molecular weight excluding hydrogens is 215 g/mol. The number of hydrogen-bond donors (Lipinski definition) is 0. The lowest BCUT2D eigenvalue weighted by Gasteiger charge is -2.24. The lowest BCUT2D eigenvalue weighted by Crippen LogP contribution is -2.21. The lowest BCUT2D eigenvalue weighted by molar-refractivity contribution is 0.0634. The van der Waals surface area contributed by atoms with Gasteiger partial charge < -0.3 is 4.74 Å². The van der Waals surface area contributed by atoms with Crippen LogP contribution in [0.1, 0.15) is 25.7 Å². The second-order valence-corrected chi connectivity index (χ2v) is 3.72. The summed E-state index contributed by atoms with van der Waals surface area (Å²) in [5.74, 6) is 0. The molecule has 1 nitrogen and oxygen atoms in total. The number of halogens is 2. The van der Waals surface area contributed by atoms with Crippen molar-refractivity contribution in [3.8, 4) is 0 Å². The summed E-state index contributed by atoms with van der Waals surface area (Å²) in [6.45, 7) is 0. The van der Waals surface area contributed by atoms with Gasteiger partial charge >= 0.3 is 0 Å². The highest BCUT2D eigenvalue weighted by Crippen LogP contribution is 2.24. The Morgan fingerprint density at radius 3 is 2.40 bits per heavy atom. The van der Waals surface area contributed by atoms with Crippen LogP contribution in [-0.2, 0) is 4.74 Å². The van der Waals surface area contributed by atoms with Crippen LogP contribution in [0.3, 0.4) is 0 Å². The quantitative estimate of drug-likeness (QED) is 0.659. The summed E-state index contributed by atoms with van der Waals surface area (Å²) in [5.41, 5.74) is 0.657. The van der Waals surface area contributed by atoms with Crippen LogP contribution in [0.2, 0.25) is 0 Å². The SMILES string of the molecule is ClC1CCC(OCBr)CC1. The Morgan fingerprint density at radius 2 is 1.90 bits per heavy atom. The van der Waals surface area contributed by atoms with E-state index in [9.17, 15) is 0 Å². The van der Waals surface area contributed by atoms with Gasteiger partial charge in [-0.25, -0.2) is 0 Å². The normalized spacial score (nSPS) is 34.2. The van der Waals surface area contributed by atoms with Gasteiger partial charge in [0.1, 0.15) is 5.52 Å². The van der Waals surface area contributed by atoms with Crippen molar-refractivity contribution in [2.75, 3.05) is 5.52 Å². The van der Waals surface area contributed by atoms with E-state index in [0.29, 0.717) is 17.0 Å². The summed E-state index contributed by atoms with van der Waals surface area (Å²) in [6, 6.07) is 0. The molecule has 0 aliphatic heterocycles. The molecule has 0 aromatic rings. The minimum atomic E-state index is 0.398. The Labute approximate surface area is 75.2 Å². The average Bonchev–Trinajstić information content (AvgIpc) is 1.95. The maximum absolute atomic E-state index is 5.91. The van der Waals surface area contributed by atoms with Crippen molar-refractivity contribution in [3.05, 3.63) is 0 Å². The van der Waals surface area contributed by atoms with Crippen LogP contribution in [0.15, 0.2) is 0 Å². The number of ether oxygens (including phenoxy) is 1. The molecule has 0 amide bonds. The van der Waals surface area contributed by atoms with Gasteiger partial charge in [-0.05, 0) is 25.7 Å². The fourth-order valence-electron chi connectivity index (χ4n) is 1.28. The zero-order chi connectivity index (χ0) is 7.40. The summed E-state index contributed by atoms with van der Waals surface area (Å²) in [4.78, 5) is 0. The van der Waals surface area contributed by atoms with E-state index in [2.05, 4.69) is 15.9 Å². The predicted molar refractivity (Wildman–Crippen MR) is 46.8 cm³/mol. The zero-order valence-corrected chi connectivity index (χ0v) is 8.20. The maximum atomic E-state index is 5.91. The maximum Gasteiger partial charge on any atom is 0.102 e. The van der Waals surface area contributed by atoms with E-state index in [4.69, 9.17) is 16.3 Å². The first-order valence-electron chi connectivity index (χ1n) is 3.64. The highest BCUT2D eigenvalue weighted by atomic mass is 79.9. The van der Waals surface area contributed by atoms with E-state index < -0.39 is 0 Å². The molecular formula is C7H12BrClO. The van der Waals surface area contributed by atoms with Crippen molar-refractivity contribution in [2.24, 2.45) is 0 Å². The van der Waals surface area contributed by atoms with E-state index >= 15 is 0 Å². The molecule has 60 valence electrons. The Morgan fingerprint density at radius 1 is 1.30 bits per heavy atom. The second-order valence-electron chi connectivity index (χ2n) is 2.65. The van der Waals surface area contributed by atoms with Gasteiger partial charge in [-0.1, -0.05) is 15.9 Å².